The van der Waals surface area contributed by atoms with Crippen LogP contribution < -0.4 is 11.1 Å². The number of aromatic amines is 1. The molecule has 4 N–H and O–H groups in total. The van der Waals surface area contributed by atoms with E-state index < -0.39 is 5.91 Å². The summed E-state index contributed by atoms with van der Waals surface area (Å²) in [6.07, 6.45) is 4.30. The van der Waals surface area contributed by atoms with Crippen molar-refractivity contribution >= 4 is 11.8 Å². The van der Waals surface area contributed by atoms with Gasteiger partial charge in [0, 0.05) is 43.1 Å². The SMILES string of the molecule is Cc1c[nH]c(CC(N)=O)c1C(=O)NC1CCN(Cc2conc2C)C1. The van der Waals surface area contributed by atoms with Crippen LogP contribution in [0.2, 0.25) is 0 Å². The fraction of sp³-hybridized carbons (Fsp3) is 0.471. The first-order valence-electron chi connectivity index (χ1n) is 8.32. The highest BCUT2D eigenvalue weighted by Crippen LogP contribution is 2.18. The monoisotopic (exact) mass is 345 g/mol. The van der Waals surface area contributed by atoms with Gasteiger partial charge in [-0.25, -0.2) is 0 Å². The van der Waals surface area contributed by atoms with E-state index in [0.717, 1.165) is 42.9 Å². The summed E-state index contributed by atoms with van der Waals surface area (Å²) in [5.74, 6) is -0.630. The Kier molecular flexibility index (Phi) is 4.89. The van der Waals surface area contributed by atoms with E-state index >= 15 is 0 Å². The molecule has 25 heavy (non-hydrogen) atoms. The lowest BCUT2D eigenvalue weighted by molar-refractivity contribution is -0.117. The van der Waals surface area contributed by atoms with Crippen LogP contribution in [0.25, 0.3) is 0 Å². The summed E-state index contributed by atoms with van der Waals surface area (Å²) in [6, 6.07) is 0.0726. The summed E-state index contributed by atoms with van der Waals surface area (Å²) in [4.78, 5) is 29.0. The van der Waals surface area contributed by atoms with Gasteiger partial charge in [0.2, 0.25) is 5.91 Å². The first-order valence-corrected chi connectivity index (χ1v) is 8.32. The number of hydrogen-bond donors (Lipinski definition) is 3. The Morgan fingerprint density at radius 2 is 2.28 bits per heavy atom. The molecule has 3 rings (SSSR count). The zero-order chi connectivity index (χ0) is 18.0. The van der Waals surface area contributed by atoms with E-state index in [1.807, 2.05) is 13.8 Å². The number of aryl methyl sites for hydroxylation is 2. The molecule has 2 amide bonds. The largest absolute Gasteiger partial charge is 0.369 e. The Labute approximate surface area is 145 Å². The van der Waals surface area contributed by atoms with Gasteiger partial charge in [-0.05, 0) is 25.8 Å². The van der Waals surface area contributed by atoms with Crippen LogP contribution in [0.1, 0.15) is 39.3 Å². The van der Waals surface area contributed by atoms with Crippen molar-refractivity contribution in [3.05, 3.63) is 40.5 Å². The minimum Gasteiger partial charge on any atom is -0.369 e. The van der Waals surface area contributed by atoms with Crippen LogP contribution in [0.3, 0.4) is 0 Å². The molecular weight excluding hydrogens is 322 g/mol. The molecule has 0 radical (unpaired) electrons. The van der Waals surface area contributed by atoms with E-state index in [2.05, 4.69) is 20.4 Å². The Bertz CT molecular complexity index is 779. The van der Waals surface area contributed by atoms with Gasteiger partial charge in [-0.3, -0.25) is 14.5 Å². The van der Waals surface area contributed by atoms with Crippen molar-refractivity contribution in [2.24, 2.45) is 5.73 Å². The smallest absolute Gasteiger partial charge is 0.253 e. The van der Waals surface area contributed by atoms with Crippen LogP contribution in [0.4, 0.5) is 0 Å². The maximum Gasteiger partial charge on any atom is 0.253 e. The number of nitrogens with one attached hydrogen (secondary N) is 2. The molecule has 1 atom stereocenters. The Morgan fingerprint density at radius 1 is 1.48 bits per heavy atom. The molecule has 1 saturated heterocycles. The van der Waals surface area contributed by atoms with Gasteiger partial charge in [-0.2, -0.15) is 0 Å². The Hall–Kier alpha value is -2.61. The zero-order valence-corrected chi connectivity index (χ0v) is 14.5. The quantitative estimate of drug-likeness (QED) is 0.711. The molecule has 2 aromatic heterocycles. The molecule has 1 aliphatic heterocycles. The lowest BCUT2D eigenvalue weighted by Crippen LogP contribution is -2.37. The van der Waals surface area contributed by atoms with Crippen LogP contribution in [0.15, 0.2) is 17.0 Å². The normalized spacial score (nSPS) is 17.8. The van der Waals surface area contributed by atoms with E-state index in [1.54, 1.807) is 12.5 Å². The summed E-state index contributed by atoms with van der Waals surface area (Å²) in [7, 11) is 0. The molecule has 3 heterocycles. The first-order chi connectivity index (χ1) is 11.9. The molecule has 0 aromatic carbocycles. The predicted molar refractivity (Wildman–Crippen MR) is 90.8 cm³/mol. The molecule has 1 fully saturated rings. The number of carbonyl (C=O) groups excluding carboxylic acids is 2. The lowest BCUT2D eigenvalue weighted by atomic mass is 10.1. The summed E-state index contributed by atoms with van der Waals surface area (Å²) in [5, 5.41) is 6.96. The van der Waals surface area contributed by atoms with E-state index in [0.29, 0.717) is 11.3 Å². The first kappa shape index (κ1) is 17.2. The van der Waals surface area contributed by atoms with Gasteiger partial charge >= 0.3 is 0 Å². The number of amides is 2. The van der Waals surface area contributed by atoms with Gasteiger partial charge in [0.05, 0.1) is 17.7 Å². The highest BCUT2D eigenvalue weighted by atomic mass is 16.5. The van der Waals surface area contributed by atoms with Crippen LogP contribution >= 0.6 is 0 Å². The van der Waals surface area contributed by atoms with Gasteiger partial charge in [0.25, 0.3) is 5.91 Å². The number of hydrogen-bond acceptors (Lipinski definition) is 5. The molecule has 1 unspecified atom stereocenters. The molecule has 0 aliphatic carbocycles. The number of nitrogens with two attached hydrogens (primary N) is 1. The second-order valence-electron chi connectivity index (χ2n) is 6.59. The number of rotatable bonds is 6. The number of carbonyl (C=O) groups is 2. The van der Waals surface area contributed by atoms with Crippen LogP contribution in [0, 0.1) is 13.8 Å². The van der Waals surface area contributed by atoms with E-state index in [4.69, 9.17) is 10.3 Å². The average Bonchev–Trinajstić information content (AvgIpc) is 3.22. The molecule has 134 valence electrons. The zero-order valence-electron chi connectivity index (χ0n) is 14.5. The van der Waals surface area contributed by atoms with Crippen molar-refractivity contribution in [2.75, 3.05) is 13.1 Å². The number of aromatic nitrogens is 2. The lowest BCUT2D eigenvalue weighted by Gasteiger charge is -2.16. The van der Waals surface area contributed by atoms with Gasteiger partial charge in [0.15, 0.2) is 0 Å². The van der Waals surface area contributed by atoms with E-state index in [-0.39, 0.29) is 18.4 Å². The molecule has 8 nitrogen and oxygen atoms in total. The van der Waals surface area contributed by atoms with Gasteiger partial charge in [-0.1, -0.05) is 5.16 Å². The number of H-pyrrole nitrogens is 1. The maximum atomic E-state index is 12.6. The number of nitrogens with zero attached hydrogens (tertiary/aromatic N) is 2. The molecule has 2 aromatic rings. The molecule has 0 spiro atoms. The van der Waals surface area contributed by atoms with Crippen LogP contribution in [-0.2, 0) is 17.8 Å². The second-order valence-corrected chi connectivity index (χ2v) is 6.59. The second kappa shape index (κ2) is 7.10. The predicted octanol–water partition coefficient (Wildman–Crippen LogP) is 0.652. The molecule has 8 heteroatoms. The molecule has 0 saturated carbocycles. The third kappa shape index (κ3) is 3.90. The standard InChI is InChI=1S/C17H23N5O3/c1-10-6-19-14(5-15(18)23)16(10)17(24)20-13-3-4-22(8-13)7-12-9-25-21-11(12)2/h6,9,13,19H,3-5,7-8H2,1-2H3,(H2,18,23)(H,20,24). The van der Waals surface area contributed by atoms with Crippen LogP contribution in [0.5, 0.6) is 0 Å². The Morgan fingerprint density at radius 3 is 2.96 bits per heavy atom. The molecular formula is C17H23N5O3. The van der Waals surface area contributed by atoms with Gasteiger partial charge in [-0.15, -0.1) is 0 Å². The summed E-state index contributed by atoms with van der Waals surface area (Å²) in [6.45, 7) is 6.19. The summed E-state index contributed by atoms with van der Waals surface area (Å²) < 4.78 is 4.97. The number of primary amides is 1. The summed E-state index contributed by atoms with van der Waals surface area (Å²) in [5.41, 5.74) is 9.11. The third-order valence-corrected chi connectivity index (χ3v) is 4.59. The van der Waals surface area contributed by atoms with E-state index in [1.165, 1.54) is 0 Å². The highest BCUT2D eigenvalue weighted by Gasteiger charge is 2.27. The van der Waals surface area contributed by atoms with Crippen molar-refractivity contribution in [1.82, 2.24) is 20.4 Å². The van der Waals surface area contributed by atoms with E-state index in [9.17, 15) is 9.59 Å². The minimum atomic E-state index is -0.466. The van der Waals surface area contributed by atoms with Gasteiger partial charge in [0.1, 0.15) is 6.26 Å². The van der Waals surface area contributed by atoms with Gasteiger partial charge < -0.3 is 20.6 Å². The molecule has 0 bridgehead atoms. The fourth-order valence-electron chi connectivity index (χ4n) is 3.26. The minimum absolute atomic E-state index is 0.0279. The topological polar surface area (TPSA) is 117 Å². The summed E-state index contributed by atoms with van der Waals surface area (Å²) >= 11 is 0. The van der Waals surface area contributed by atoms with Crippen molar-refractivity contribution in [3.63, 3.8) is 0 Å². The van der Waals surface area contributed by atoms with Crippen molar-refractivity contribution in [2.45, 2.75) is 39.3 Å². The van der Waals surface area contributed by atoms with Crippen LogP contribution in [-0.4, -0.2) is 46.0 Å². The van der Waals surface area contributed by atoms with Crippen molar-refractivity contribution in [1.29, 1.82) is 0 Å². The fourth-order valence-corrected chi connectivity index (χ4v) is 3.26. The number of likely N-dealkylation sites (tertiary alicyclic amines) is 1. The van der Waals surface area contributed by atoms with Crippen molar-refractivity contribution < 1.29 is 14.1 Å². The average molecular weight is 345 g/mol. The molecule has 1 aliphatic rings. The third-order valence-electron chi connectivity index (χ3n) is 4.59. The highest BCUT2D eigenvalue weighted by molar-refractivity contribution is 5.98. The maximum absolute atomic E-state index is 12.6. The van der Waals surface area contributed by atoms with Crippen molar-refractivity contribution in [3.8, 4) is 0 Å². The Balaban J connectivity index is 1.60.